The van der Waals surface area contributed by atoms with Crippen LogP contribution in [0.15, 0.2) is 24.3 Å². The van der Waals surface area contributed by atoms with E-state index in [4.69, 9.17) is 20.9 Å². The summed E-state index contributed by atoms with van der Waals surface area (Å²) in [6.45, 7) is 2.21. The first kappa shape index (κ1) is 15.3. The fraction of sp³-hybridized carbons (Fsp3) is 0.429. The van der Waals surface area contributed by atoms with Crippen LogP contribution in [0.1, 0.15) is 6.92 Å². The highest BCUT2D eigenvalue weighted by atomic mass is 16.5. The van der Waals surface area contributed by atoms with Gasteiger partial charge in [0.25, 0.3) is 5.91 Å². The number of rotatable bonds is 5. The normalized spacial score (nSPS) is 24.6. The highest BCUT2D eigenvalue weighted by Crippen LogP contribution is 2.29. The minimum absolute atomic E-state index is 0.209. The SMILES string of the molecule is CC1(C(=O)Nc2cccc(OCC(N)=O)c2)COCC1N. The maximum atomic E-state index is 12.3. The average molecular weight is 293 g/mol. The van der Waals surface area contributed by atoms with Crippen LogP contribution in [0.5, 0.6) is 5.75 Å². The zero-order valence-corrected chi connectivity index (χ0v) is 11.8. The molecule has 1 heterocycles. The minimum Gasteiger partial charge on any atom is -0.484 e. The van der Waals surface area contributed by atoms with Crippen molar-refractivity contribution in [2.24, 2.45) is 16.9 Å². The Bertz CT molecular complexity index is 549. The molecule has 7 nitrogen and oxygen atoms in total. The molecule has 0 radical (unpaired) electrons. The lowest BCUT2D eigenvalue weighted by molar-refractivity contribution is -0.125. The highest BCUT2D eigenvalue weighted by molar-refractivity contribution is 5.96. The first-order valence-corrected chi connectivity index (χ1v) is 6.58. The molecule has 2 rings (SSSR count). The first-order chi connectivity index (χ1) is 9.91. The van der Waals surface area contributed by atoms with Gasteiger partial charge in [0.1, 0.15) is 5.75 Å². The average Bonchev–Trinajstić information content (AvgIpc) is 2.78. The summed E-state index contributed by atoms with van der Waals surface area (Å²) in [5.41, 5.74) is 10.7. The molecular weight excluding hydrogens is 274 g/mol. The van der Waals surface area contributed by atoms with Crippen molar-refractivity contribution in [2.75, 3.05) is 25.1 Å². The summed E-state index contributed by atoms with van der Waals surface area (Å²) >= 11 is 0. The Morgan fingerprint density at radius 2 is 2.29 bits per heavy atom. The molecule has 1 aliphatic rings. The van der Waals surface area contributed by atoms with E-state index < -0.39 is 11.3 Å². The predicted molar refractivity (Wildman–Crippen MR) is 76.7 cm³/mol. The lowest BCUT2D eigenvalue weighted by atomic mass is 9.85. The van der Waals surface area contributed by atoms with Crippen LogP contribution in [-0.2, 0) is 14.3 Å². The van der Waals surface area contributed by atoms with Crippen LogP contribution in [0.25, 0.3) is 0 Å². The predicted octanol–water partition coefficient (Wildman–Crippen LogP) is -0.147. The molecule has 114 valence electrons. The van der Waals surface area contributed by atoms with Crippen LogP contribution < -0.4 is 21.5 Å². The van der Waals surface area contributed by atoms with E-state index >= 15 is 0 Å². The van der Waals surface area contributed by atoms with Crippen molar-refractivity contribution in [1.82, 2.24) is 0 Å². The third kappa shape index (κ3) is 3.50. The van der Waals surface area contributed by atoms with E-state index in [9.17, 15) is 9.59 Å². The van der Waals surface area contributed by atoms with Gasteiger partial charge >= 0.3 is 0 Å². The fourth-order valence-electron chi connectivity index (χ4n) is 2.01. The molecule has 0 bridgehead atoms. The number of nitrogens with two attached hydrogens (primary N) is 2. The van der Waals surface area contributed by atoms with E-state index in [1.54, 1.807) is 31.2 Å². The van der Waals surface area contributed by atoms with Crippen LogP contribution in [-0.4, -0.2) is 37.7 Å². The maximum Gasteiger partial charge on any atom is 0.255 e. The number of hydrogen-bond acceptors (Lipinski definition) is 5. The van der Waals surface area contributed by atoms with Gasteiger partial charge in [-0.1, -0.05) is 6.07 Å². The second kappa shape index (κ2) is 6.11. The van der Waals surface area contributed by atoms with Gasteiger partial charge in [-0.3, -0.25) is 9.59 Å². The molecule has 2 amide bonds. The molecule has 0 saturated carbocycles. The van der Waals surface area contributed by atoms with Crippen LogP contribution in [0, 0.1) is 5.41 Å². The van der Waals surface area contributed by atoms with E-state index in [1.807, 2.05) is 0 Å². The number of anilines is 1. The van der Waals surface area contributed by atoms with Crippen molar-refractivity contribution in [2.45, 2.75) is 13.0 Å². The Morgan fingerprint density at radius 1 is 1.52 bits per heavy atom. The summed E-state index contributed by atoms with van der Waals surface area (Å²) in [7, 11) is 0. The van der Waals surface area contributed by atoms with Gasteiger partial charge in [-0.25, -0.2) is 0 Å². The van der Waals surface area contributed by atoms with Crippen molar-refractivity contribution in [3.63, 3.8) is 0 Å². The minimum atomic E-state index is -0.760. The maximum absolute atomic E-state index is 12.3. The molecule has 0 spiro atoms. The Labute approximate surface area is 122 Å². The molecular formula is C14H19N3O4. The number of primary amides is 1. The standard InChI is InChI=1S/C14H19N3O4/c1-14(8-20-6-11(14)15)13(19)17-9-3-2-4-10(5-9)21-7-12(16)18/h2-5,11H,6-8,15H2,1H3,(H2,16,18)(H,17,19). The topological polar surface area (TPSA) is 117 Å². The van der Waals surface area contributed by atoms with Crippen molar-refractivity contribution in [3.8, 4) is 5.75 Å². The van der Waals surface area contributed by atoms with Gasteiger partial charge in [0.2, 0.25) is 5.91 Å². The molecule has 0 aromatic heterocycles. The second-order valence-corrected chi connectivity index (χ2v) is 5.28. The summed E-state index contributed by atoms with van der Waals surface area (Å²) in [5, 5.41) is 2.79. The molecule has 5 N–H and O–H groups in total. The van der Waals surface area contributed by atoms with Crippen LogP contribution in [0.2, 0.25) is 0 Å². The van der Waals surface area contributed by atoms with E-state index in [0.29, 0.717) is 18.0 Å². The lowest BCUT2D eigenvalue weighted by Crippen LogP contribution is -2.47. The van der Waals surface area contributed by atoms with E-state index in [0.717, 1.165) is 0 Å². The number of benzene rings is 1. The highest BCUT2D eigenvalue weighted by Gasteiger charge is 2.44. The Hall–Kier alpha value is -2.12. The van der Waals surface area contributed by atoms with E-state index in [-0.39, 0.29) is 25.2 Å². The number of amides is 2. The van der Waals surface area contributed by atoms with Gasteiger partial charge in [0.05, 0.1) is 18.6 Å². The molecule has 1 aromatic rings. The quantitative estimate of drug-likeness (QED) is 0.698. The summed E-state index contributed by atoms with van der Waals surface area (Å²) in [6, 6.07) is 6.38. The molecule has 2 atom stereocenters. The van der Waals surface area contributed by atoms with Gasteiger partial charge in [0.15, 0.2) is 6.61 Å². The van der Waals surface area contributed by atoms with Gasteiger partial charge in [-0.05, 0) is 19.1 Å². The monoisotopic (exact) mass is 293 g/mol. The van der Waals surface area contributed by atoms with E-state index in [1.165, 1.54) is 0 Å². The molecule has 2 unspecified atom stereocenters. The van der Waals surface area contributed by atoms with Gasteiger partial charge in [-0.15, -0.1) is 0 Å². The molecule has 1 fully saturated rings. The van der Waals surface area contributed by atoms with Crippen molar-refractivity contribution >= 4 is 17.5 Å². The third-order valence-electron chi connectivity index (χ3n) is 3.51. The van der Waals surface area contributed by atoms with Crippen molar-refractivity contribution < 1.29 is 19.1 Å². The summed E-state index contributed by atoms with van der Waals surface area (Å²) in [4.78, 5) is 23.0. The number of nitrogens with one attached hydrogen (secondary N) is 1. The first-order valence-electron chi connectivity index (χ1n) is 6.58. The number of hydrogen-bond donors (Lipinski definition) is 3. The Balaban J connectivity index is 2.04. The summed E-state index contributed by atoms with van der Waals surface area (Å²) in [6.07, 6.45) is 0. The number of ether oxygens (including phenoxy) is 2. The molecule has 1 aromatic carbocycles. The summed E-state index contributed by atoms with van der Waals surface area (Å²) in [5.74, 6) is -0.325. The Kier molecular flexibility index (Phi) is 4.44. The molecule has 21 heavy (non-hydrogen) atoms. The van der Waals surface area contributed by atoms with Crippen LogP contribution in [0.4, 0.5) is 5.69 Å². The van der Waals surface area contributed by atoms with Gasteiger partial charge < -0.3 is 26.3 Å². The Morgan fingerprint density at radius 3 is 2.90 bits per heavy atom. The van der Waals surface area contributed by atoms with Crippen LogP contribution in [0.3, 0.4) is 0 Å². The van der Waals surface area contributed by atoms with Crippen LogP contribution >= 0.6 is 0 Å². The zero-order valence-electron chi connectivity index (χ0n) is 11.8. The molecule has 1 saturated heterocycles. The van der Waals surface area contributed by atoms with Crippen molar-refractivity contribution in [1.29, 1.82) is 0 Å². The van der Waals surface area contributed by atoms with E-state index in [2.05, 4.69) is 5.32 Å². The zero-order chi connectivity index (χ0) is 15.5. The van der Waals surface area contributed by atoms with Gasteiger partial charge in [-0.2, -0.15) is 0 Å². The molecule has 1 aliphatic heterocycles. The summed E-state index contributed by atoms with van der Waals surface area (Å²) < 4.78 is 10.4. The van der Waals surface area contributed by atoms with Gasteiger partial charge in [0, 0.05) is 17.8 Å². The second-order valence-electron chi connectivity index (χ2n) is 5.28. The lowest BCUT2D eigenvalue weighted by Gasteiger charge is -2.25. The molecule has 7 heteroatoms. The third-order valence-corrected chi connectivity index (χ3v) is 3.51. The fourth-order valence-corrected chi connectivity index (χ4v) is 2.01. The van der Waals surface area contributed by atoms with Crippen molar-refractivity contribution in [3.05, 3.63) is 24.3 Å². The largest absolute Gasteiger partial charge is 0.484 e. The molecule has 0 aliphatic carbocycles. The number of carbonyl (C=O) groups is 2. The number of carbonyl (C=O) groups excluding carboxylic acids is 2. The smallest absolute Gasteiger partial charge is 0.255 e.